The minimum Gasteiger partial charge on any atom is -0.507 e. The van der Waals surface area contributed by atoms with E-state index in [0.717, 1.165) is 17.0 Å². The molecule has 164 valence electrons. The molecule has 1 atom stereocenters. The first kappa shape index (κ1) is 21.3. The molecule has 1 aliphatic heterocycles. The van der Waals surface area contributed by atoms with Crippen molar-refractivity contribution >= 4 is 23.1 Å². The normalized spacial score (nSPS) is 17.8. The number of anilines is 1. The first-order valence-corrected chi connectivity index (χ1v) is 9.86. The van der Waals surface area contributed by atoms with Crippen LogP contribution < -0.4 is 9.64 Å². The molecule has 3 aromatic rings. The molecule has 0 spiro atoms. The van der Waals surface area contributed by atoms with Crippen molar-refractivity contribution in [1.82, 2.24) is 0 Å². The van der Waals surface area contributed by atoms with E-state index in [9.17, 15) is 23.5 Å². The van der Waals surface area contributed by atoms with Crippen molar-refractivity contribution in [2.45, 2.75) is 19.9 Å². The zero-order chi connectivity index (χ0) is 23.0. The van der Waals surface area contributed by atoms with Gasteiger partial charge in [0.2, 0.25) is 0 Å². The van der Waals surface area contributed by atoms with E-state index >= 15 is 0 Å². The first-order valence-electron chi connectivity index (χ1n) is 9.86. The average molecular weight is 439 g/mol. The molecule has 0 bridgehead atoms. The number of furan rings is 1. The molecule has 0 aliphatic carbocycles. The van der Waals surface area contributed by atoms with E-state index in [0.29, 0.717) is 24.0 Å². The van der Waals surface area contributed by atoms with Crippen LogP contribution in [-0.2, 0) is 9.59 Å². The van der Waals surface area contributed by atoms with Gasteiger partial charge >= 0.3 is 0 Å². The summed E-state index contributed by atoms with van der Waals surface area (Å²) in [6, 6.07) is 9.27. The predicted octanol–water partition coefficient (Wildman–Crippen LogP) is 4.89. The highest BCUT2D eigenvalue weighted by Gasteiger charge is 2.49. The summed E-state index contributed by atoms with van der Waals surface area (Å²) in [5.41, 5.74) is 0.415. The largest absolute Gasteiger partial charge is 0.507 e. The molecule has 1 amide bonds. The lowest BCUT2D eigenvalue weighted by Gasteiger charge is -2.23. The summed E-state index contributed by atoms with van der Waals surface area (Å²) in [5, 5.41) is 11.0. The van der Waals surface area contributed by atoms with Crippen LogP contribution in [0, 0.1) is 18.6 Å². The van der Waals surface area contributed by atoms with Gasteiger partial charge in [-0.1, -0.05) is 0 Å². The molecule has 1 fully saturated rings. The van der Waals surface area contributed by atoms with Crippen molar-refractivity contribution in [3.05, 3.63) is 88.9 Å². The van der Waals surface area contributed by atoms with Crippen LogP contribution in [0.2, 0.25) is 0 Å². The van der Waals surface area contributed by atoms with E-state index in [1.54, 1.807) is 25.1 Å². The Bertz CT molecular complexity index is 1230. The van der Waals surface area contributed by atoms with Gasteiger partial charge in [0, 0.05) is 11.6 Å². The van der Waals surface area contributed by atoms with E-state index in [1.165, 1.54) is 18.4 Å². The number of aliphatic hydroxyl groups is 1. The van der Waals surface area contributed by atoms with Crippen LogP contribution in [0.1, 0.15) is 29.9 Å². The molecule has 2 aromatic carbocycles. The number of aliphatic hydroxyl groups excluding tert-OH is 1. The molecule has 1 saturated heterocycles. The third-order valence-electron chi connectivity index (χ3n) is 5.17. The maximum atomic E-state index is 14.6. The SMILES string of the molecule is CCOc1ccc(/C(O)=C2/C(=O)C(=O)N(c3ccc(F)cc3F)C2c2ccco2)cc1C. The number of hydrogen-bond donors (Lipinski definition) is 1. The summed E-state index contributed by atoms with van der Waals surface area (Å²) in [6.07, 6.45) is 1.33. The lowest BCUT2D eigenvalue weighted by molar-refractivity contribution is -0.132. The number of Topliss-reactive ketones (excluding diaryl/α,β-unsaturated/α-hetero) is 1. The molecule has 4 rings (SSSR count). The van der Waals surface area contributed by atoms with Crippen LogP contribution in [0.25, 0.3) is 5.76 Å². The second kappa shape index (κ2) is 8.30. The van der Waals surface area contributed by atoms with Gasteiger partial charge in [-0.15, -0.1) is 0 Å². The Morgan fingerprint density at radius 3 is 2.56 bits per heavy atom. The zero-order valence-electron chi connectivity index (χ0n) is 17.3. The van der Waals surface area contributed by atoms with Crippen molar-refractivity contribution < 1.29 is 32.6 Å². The molecule has 1 aromatic heterocycles. The summed E-state index contributed by atoms with van der Waals surface area (Å²) in [6.45, 7) is 4.07. The van der Waals surface area contributed by atoms with E-state index in [-0.39, 0.29) is 22.6 Å². The average Bonchev–Trinajstić information content (AvgIpc) is 3.37. The molecule has 2 heterocycles. The second-order valence-corrected chi connectivity index (χ2v) is 7.19. The summed E-state index contributed by atoms with van der Waals surface area (Å²) in [5.74, 6) is -3.64. The van der Waals surface area contributed by atoms with Gasteiger partial charge in [0.15, 0.2) is 0 Å². The van der Waals surface area contributed by atoms with Gasteiger partial charge < -0.3 is 14.3 Å². The van der Waals surface area contributed by atoms with Gasteiger partial charge in [-0.3, -0.25) is 14.5 Å². The maximum absolute atomic E-state index is 14.6. The quantitative estimate of drug-likeness (QED) is 0.348. The van der Waals surface area contributed by atoms with Gasteiger partial charge in [-0.05, 0) is 61.9 Å². The fraction of sp³-hybridized carbons (Fsp3) is 0.167. The Morgan fingerprint density at radius 1 is 1.16 bits per heavy atom. The molecule has 1 N–H and O–H groups in total. The van der Waals surface area contributed by atoms with Crippen LogP contribution in [0.15, 0.2) is 64.8 Å². The molecule has 8 heteroatoms. The molecular weight excluding hydrogens is 420 g/mol. The van der Waals surface area contributed by atoms with Crippen LogP contribution in [0.3, 0.4) is 0 Å². The Balaban J connectivity index is 1.90. The van der Waals surface area contributed by atoms with Crippen molar-refractivity contribution in [3.8, 4) is 5.75 Å². The smallest absolute Gasteiger partial charge is 0.300 e. The van der Waals surface area contributed by atoms with Crippen LogP contribution in [0.4, 0.5) is 14.5 Å². The summed E-state index contributed by atoms with van der Waals surface area (Å²) in [7, 11) is 0. The van der Waals surface area contributed by atoms with Gasteiger partial charge in [0.05, 0.1) is 24.1 Å². The second-order valence-electron chi connectivity index (χ2n) is 7.19. The molecule has 1 unspecified atom stereocenters. The van der Waals surface area contributed by atoms with Crippen molar-refractivity contribution in [3.63, 3.8) is 0 Å². The Labute approximate surface area is 182 Å². The predicted molar refractivity (Wildman–Crippen MR) is 112 cm³/mol. The number of benzene rings is 2. The van der Waals surface area contributed by atoms with E-state index in [4.69, 9.17) is 9.15 Å². The molecule has 1 aliphatic rings. The highest BCUT2D eigenvalue weighted by Crippen LogP contribution is 2.43. The number of amides is 1. The number of carbonyl (C=O) groups excluding carboxylic acids is 2. The summed E-state index contributed by atoms with van der Waals surface area (Å²) < 4.78 is 38.9. The number of ether oxygens (including phenoxy) is 1. The Hall–Kier alpha value is -3.94. The van der Waals surface area contributed by atoms with E-state index in [2.05, 4.69) is 0 Å². The highest BCUT2D eigenvalue weighted by atomic mass is 19.1. The fourth-order valence-electron chi connectivity index (χ4n) is 3.74. The topological polar surface area (TPSA) is 80.0 Å². The first-order chi connectivity index (χ1) is 15.3. The number of rotatable bonds is 5. The molecule has 32 heavy (non-hydrogen) atoms. The lowest BCUT2D eigenvalue weighted by Crippen LogP contribution is -2.30. The van der Waals surface area contributed by atoms with Gasteiger partial charge in [0.1, 0.15) is 34.9 Å². The Kier molecular flexibility index (Phi) is 5.52. The number of aryl methyl sites for hydroxylation is 1. The van der Waals surface area contributed by atoms with Crippen molar-refractivity contribution in [1.29, 1.82) is 0 Å². The van der Waals surface area contributed by atoms with Crippen LogP contribution in [-0.4, -0.2) is 23.4 Å². The standard InChI is InChI=1S/C24H19F2NO5/c1-3-31-18-9-6-14(11-13(18)2)22(28)20-21(19-5-4-10-32-19)27(24(30)23(20)29)17-8-7-15(25)12-16(17)26/h4-12,21,28H,3H2,1-2H3/b22-20-. The minimum absolute atomic E-state index is 0.136. The number of nitrogens with zero attached hydrogens (tertiary/aromatic N) is 1. The molecule has 6 nitrogen and oxygen atoms in total. The lowest BCUT2D eigenvalue weighted by atomic mass is 9.98. The van der Waals surface area contributed by atoms with Gasteiger partial charge in [-0.25, -0.2) is 8.78 Å². The van der Waals surface area contributed by atoms with Crippen molar-refractivity contribution in [2.75, 3.05) is 11.5 Å². The third-order valence-corrected chi connectivity index (χ3v) is 5.17. The molecular formula is C24H19F2NO5. The maximum Gasteiger partial charge on any atom is 0.300 e. The van der Waals surface area contributed by atoms with Gasteiger partial charge in [-0.2, -0.15) is 0 Å². The number of halogens is 2. The Morgan fingerprint density at radius 2 is 1.94 bits per heavy atom. The molecule has 0 radical (unpaired) electrons. The molecule has 0 saturated carbocycles. The third kappa shape index (κ3) is 3.53. The summed E-state index contributed by atoms with van der Waals surface area (Å²) >= 11 is 0. The zero-order valence-corrected chi connectivity index (χ0v) is 17.3. The van der Waals surface area contributed by atoms with Crippen LogP contribution in [0.5, 0.6) is 5.75 Å². The monoisotopic (exact) mass is 439 g/mol. The summed E-state index contributed by atoms with van der Waals surface area (Å²) in [4.78, 5) is 26.7. The fourth-order valence-corrected chi connectivity index (χ4v) is 3.74. The van der Waals surface area contributed by atoms with E-state index < -0.39 is 35.1 Å². The van der Waals surface area contributed by atoms with Crippen molar-refractivity contribution in [2.24, 2.45) is 0 Å². The van der Waals surface area contributed by atoms with Crippen LogP contribution >= 0.6 is 0 Å². The van der Waals surface area contributed by atoms with Gasteiger partial charge in [0.25, 0.3) is 11.7 Å². The highest BCUT2D eigenvalue weighted by molar-refractivity contribution is 6.51. The van der Waals surface area contributed by atoms with E-state index in [1.807, 2.05) is 6.92 Å². The number of carbonyl (C=O) groups is 2. The number of ketones is 1. The minimum atomic E-state index is -1.24. The number of hydrogen-bond acceptors (Lipinski definition) is 5.